The molecule has 0 saturated heterocycles. The second kappa shape index (κ2) is 7.51. The van der Waals surface area contributed by atoms with E-state index in [4.69, 9.17) is 13.9 Å². The van der Waals surface area contributed by atoms with Gasteiger partial charge >= 0.3 is 5.63 Å². The smallest absolute Gasteiger partial charge is 0.336 e. The van der Waals surface area contributed by atoms with E-state index in [9.17, 15) is 4.79 Å². The highest BCUT2D eigenvalue weighted by molar-refractivity contribution is 5.96. The second-order valence-corrected chi connectivity index (χ2v) is 7.89. The fourth-order valence-electron chi connectivity index (χ4n) is 4.16. The molecule has 5 heteroatoms. The fraction of sp³-hybridized carbons (Fsp3) is 0.192. The van der Waals surface area contributed by atoms with Crippen LogP contribution in [0.1, 0.15) is 16.7 Å². The molecule has 0 unspecified atom stereocenters. The lowest BCUT2D eigenvalue weighted by atomic mass is 9.99. The lowest BCUT2D eigenvalue weighted by Gasteiger charge is -2.32. The average Bonchev–Trinajstić information content (AvgIpc) is 2.80. The highest BCUT2D eigenvalue weighted by Crippen LogP contribution is 2.38. The van der Waals surface area contributed by atoms with Crippen LogP contribution in [0.4, 0.5) is 5.69 Å². The molecular weight excluding hydrogens is 390 g/mol. The highest BCUT2D eigenvalue weighted by atomic mass is 16.5. The number of fused-ring (bicyclic) bond motifs is 3. The van der Waals surface area contributed by atoms with Gasteiger partial charge in [0.1, 0.15) is 17.1 Å². The van der Waals surface area contributed by atoms with E-state index in [0.29, 0.717) is 18.9 Å². The lowest BCUT2D eigenvalue weighted by molar-refractivity contribution is 0.289. The monoisotopic (exact) mass is 413 g/mol. The molecule has 1 aromatic heterocycles. The Kier molecular flexibility index (Phi) is 4.66. The maximum atomic E-state index is 12.5. The molecule has 0 radical (unpaired) electrons. The summed E-state index contributed by atoms with van der Waals surface area (Å²) in [5, 5.41) is 0.884. The maximum Gasteiger partial charge on any atom is 0.336 e. The van der Waals surface area contributed by atoms with Gasteiger partial charge in [0.25, 0.3) is 0 Å². The zero-order chi connectivity index (χ0) is 21.5. The fourth-order valence-corrected chi connectivity index (χ4v) is 4.16. The molecular formula is C26H23NO4. The molecule has 156 valence electrons. The van der Waals surface area contributed by atoms with E-state index in [1.54, 1.807) is 13.2 Å². The summed E-state index contributed by atoms with van der Waals surface area (Å²) in [5.41, 5.74) is 6.34. The summed E-state index contributed by atoms with van der Waals surface area (Å²) in [5.74, 6) is 1.52. The molecule has 2 heterocycles. The minimum Gasteiger partial charge on any atom is -0.497 e. The van der Waals surface area contributed by atoms with Crippen molar-refractivity contribution in [3.05, 3.63) is 87.8 Å². The number of benzene rings is 3. The quantitative estimate of drug-likeness (QED) is 0.419. The normalized spacial score (nSPS) is 13.1. The highest BCUT2D eigenvalue weighted by Gasteiger charge is 2.24. The van der Waals surface area contributed by atoms with Crippen LogP contribution in [0.5, 0.6) is 11.5 Å². The van der Waals surface area contributed by atoms with Gasteiger partial charge in [0, 0.05) is 17.1 Å². The van der Waals surface area contributed by atoms with Crippen molar-refractivity contribution in [1.29, 1.82) is 0 Å². The predicted molar refractivity (Wildman–Crippen MR) is 122 cm³/mol. The van der Waals surface area contributed by atoms with Crippen molar-refractivity contribution in [3.8, 4) is 22.6 Å². The molecule has 0 amide bonds. The van der Waals surface area contributed by atoms with Gasteiger partial charge in [0.15, 0.2) is 6.73 Å². The van der Waals surface area contributed by atoms with Crippen LogP contribution >= 0.6 is 0 Å². The minimum absolute atomic E-state index is 0.379. The Hall–Kier alpha value is -3.73. The molecule has 5 rings (SSSR count). The molecule has 5 nitrogen and oxygen atoms in total. The summed E-state index contributed by atoms with van der Waals surface area (Å²) in [6, 6.07) is 19.5. The van der Waals surface area contributed by atoms with Crippen molar-refractivity contribution < 1.29 is 13.9 Å². The molecule has 0 spiro atoms. The van der Waals surface area contributed by atoms with Crippen molar-refractivity contribution in [2.24, 2.45) is 0 Å². The largest absolute Gasteiger partial charge is 0.497 e. The molecule has 3 aromatic carbocycles. The lowest BCUT2D eigenvalue weighted by Crippen LogP contribution is -2.32. The van der Waals surface area contributed by atoms with Gasteiger partial charge in [-0.2, -0.15) is 0 Å². The summed E-state index contributed by atoms with van der Waals surface area (Å²) in [6.45, 7) is 5.23. The van der Waals surface area contributed by atoms with E-state index in [2.05, 4.69) is 36.9 Å². The van der Waals surface area contributed by atoms with E-state index in [-0.39, 0.29) is 5.63 Å². The van der Waals surface area contributed by atoms with Crippen LogP contribution in [-0.4, -0.2) is 13.8 Å². The van der Waals surface area contributed by atoms with E-state index >= 15 is 0 Å². The first-order valence-corrected chi connectivity index (χ1v) is 10.2. The molecule has 1 aliphatic rings. The Morgan fingerprint density at radius 1 is 0.968 bits per heavy atom. The number of rotatable bonds is 3. The number of hydrogen-bond acceptors (Lipinski definition) is 5. The third-order valence-electron chi connectivity index (χ3n) is 5.80. The Morgan fingerprint density at radius 3 is 2.55 bits per heavy atom. The summed E-state index contributed by atoms with van der Waals surface area (Å²) < 4.78 is 17.0. The number of ether oxygens (including phenoxy) is 2. The molecule has 4 aromatic rings. The Labute approximate surface area is 180 Å². The third kappa shape index (κ3) is 3.42. The Morgan fingerprint density at radius 2 is 1.77 bits per heavy atom. The van der Waals surface area contributed by atoms with Crippen LogP contribution in [-0.2, 0) is 6.54 Å². The number of anilines is 1. The number of aryl methyl sites for hydroxylation is 2. The number of methoxy groups -OCH3 is 1. The molecule has 0 atom stereocenters. The van der Waals surface area contributed by atoms with E-state index in [1.165, 1.54) is 11.1 Å². The Balaban J connectivity index is 1.64. The van der Waals surface area contributed by atoms with Crippen LogP contribution in [0.3, 0.4) is 0 Å². The SMILES string of the molecule is COc1ccc(-c2cc(=O)oc3c4c(ccc23)OCN(c2cc(C)ccc2C)C4)cc1. The minimum atomic E-state index is -0.379. The van der Waals surface area contributed by atoms with Gasteiger partial charge in [0.05, 0.1) is 19.2 Å². The van der Waals surface area contributed by atoms with Crippen molar-refractivity contribution in [2.75, 3.05) is 18.7 Å². The molecule has 0 aliphatic carbocycles. The summed E-state index contributed by atoms with van der Waals surface area (Å²) >= 11 is 0. The molecule has 0 fully saturated rings. The summed E-state index contributed by atoms with van der Waals surface area (Å²) in [4.78, 5) is 14.7. The van der Waals surface area contributed by atoms with Gasteiger partial charge in [-0.15, -0.1) is 0 Å². The zero-order valence-corrected chi connectivity index (χ0v) is 17.8. The predicted octanol–water partition coefficient (Wildman–Crippen LogP) is 5.44. The molecule has 31 heavy (non-hydrogen) atoms. The van der Waals surface area contributed by atoms with Crippen molar-refractivity contribution >= 4 is 16.7 Å². The Bertz CT molecular complexity index is 1340. The van der Waals surface area contributed by atoms with Crippen LogP contribution in [0.15, 0.2) is 69.9 Å². The topological polar surface area (TPSA) is 51.9 Å². The van der Waals surface area contributed by atoms with Gasteiger partial charge in [-0.25, -0.2) is 4.79 Å². The third-order valence-corrected chi connectivity index (χ3v) is 5.80. The average molecular weight is 413 g/mol. The number of nitrogens with zero attached hydrogens (tertiary/aromatic N) is 1. The molecule has 0 bridgehead atoms. The first kappa shape index (κ1) is 19.2. The number of hydrogen-bond donors (Lipinski definition) is 0. The van der Waals surface area contributed by atoms with Crippen LogP contribution < -0.4 is 20.0 Å². The van der Waals surface area contributed by atoms with Gasteiger partial charge < -0.3 is 18.8 Å². The zero-order valence-electron chi connectivity index (χ0n) is 17.8. The first-order chi connectivity index (χ1) is 15.0. The van der Waals surface area contributed by atoms with Crippen molar-refractivity contribution in [3.63, 3.8) is 0 Å². The second-order valence-electron chi connectivity index (χ2n) is 7.89. The van der Waals surface area contributed by atoms with E-state index < -0.39 is 0 Å². The van der Waals surface area contributed by atoms with Crippen molar-refractivity contribution in [1.82, 2.24) is 0 Å². The maximum absolute atomic E-state index is 12.5. The van der Waals surface area contributed by atoms with Crippen molar-refractivity contribution in [2.45, 2.75) is 20.4 Å². The molecule has 1 aliphatic heterocycles. The first-order valence-electron chi connectivity index (χ1n) is 10.2. The summed E-state index contributed by atoms with van der Waals surface area (Å²) in [7, 11) is 1.63. The standard InChI is InChI=1S/C26H23NO4/c1-16-4-5-17(2)23(12-16)27-14-22-24(30-15-27)11-10-20-21(13-25(28)31-26(20)22)18-6-8-19(29-3)9-7-18/h4-13H,14-15H2,1-3H3. The van der Waals surface area contributed by atoms with Gasteiger partial charge in [-0.1, -0.05) is 24.3 Å². The van der Waals surface area contributed by atoms with Crippen LogP contribution in [0.2, 0.25) is 0 Å². The molecule has 0 saturated carbocycles. The van der Waals surface area contributed by atoms with Crippen LogP contribution in [0, 0.1) is 13.8 Å². The van der Waals surface area contributed by atoms with Gasteiger partial charge in [0.2, 0.25) is 0 Å². The van der Waals surface area contributed by atoms with E-state index in [1.807, 2.05) is 36.4 Å². The van der Waals surface area contributed by atoms with Crippen LogP contribution in [0.25, 0.3) is 22.1 Å². The van der Waals surface area contributed by atoms with Gasteiger partial charge in [-0.05, 0) is 66.4 Å². The van der Waals surface area contributed by atoms with E-state index in [0.717, 1.165) is 39.3 Å². The molecule has 0 N–H and O–H groups in total. The summed E-state index contributed by atoms with van der Waals surface area (Å²) in [6.07, 6.45) is 0. The van der Waals surface area contributed by atoms with Gasteiger partial charge in [-0.3, -0.25) is 0 Å².